The van der Waals surface area contributed by atoms with Gasteiger partial charge >= 0.3 is 5.97 Å². The molecule has 2 aliphatic rings. The van der Waals surface area contributed by atoms with Gasteiger partial charge in [-0.3, -0.25) is 4.79 Å². The average molecular weight is 931 g/mol. The standard InChI is InChI=1S/C51H94O14/c1-3-5-7-9-11-13-15-17-19-20-21-23-25-27-29-31-33-35-60-37-40(63-43(53)34-32-30-28-26-24-22-18-16-14-12-10-8-6-4-2)38-61-50-49(59)47(57)45(55)42(65-50)39-62-51-48(58)46(56)44(54)41(36-52)64-51/h13,15,19-20,40-42,44-52,54-59H,3-12,14,16-18,21-39H2,1-2H3/b15-13-,20-19-. The Morgan fingerprint density at radius 2 is 0.954 bits per heavy atom. The molecule has 0 radical (unpaired) electrons. The summed E-state index contributed by atoms with van der Waals surface area (Å²) in [4.78, 5) is 13.0. The number of hydrogen-bond acceptors (Lipinski definition) is 14. The van der Waals surface area contributed by atoms with Crippen LogP contribution in [0.15, 0.2) is 24.3 Å². The lowest BCUT2D eigenvalue weighted by atomic mass is 9.98. The first-order chi connectivity index (χ1) is 31.6. The van der Waals surface area contributed by atoms with Crippen molar-refractivity contribution in [1.82, 2.24) is 0 Å². The van der Waals surface area contributed by atoms with Gasteiger partial charge in [-0.05, 0) is 44.9 Å². The largest absolute Gasteiger partial charge is 0.457 e. The van der Waals surface area contributed by atoms with Crippen molar-refractivity contribution >= 4 is 5.97 Å². The molecule has 2 fully saturated rings. The van der Waals surface area contributed by atoms with Crippen LogP contribution in [0.4, 0.5) is 0 Å². The maximum Gasteiger partial charge on any atom is 0.306 e. The summed E-state index contributed by atoms with van der Waals surface area (Å²) in [6.45, 7) is 3.66. The van der Waals surface area contributed by atoms with Gasteiger partial charge in [0, 0.05) is 13.0 Å². The SMILES string of the molecule is CCCCCC/C=C\C/C=C\CCCCCCCCOCC(COC1OC(COC2OC(CO)C(O)C(O)C2O)C(O)C(O)C1O)OC(=O)CCCCCCCCCCCCCCCC. The molecule has 0 aromatic rings. The molecule has 7 N–H and O–H groups in total. The van der Waals surface area contributed by atoms with Gasteiger partial charge in [-0.1, -0.05) is 167 Å². The van der Waals surface area contributed by atoms with Crippen molar-refractivity contribution in [3.8, 4) is 0 Å². The molecular formula is C51H94O14. The quantitative estimate of drug-likeness (QED) is 0.0179. The monoisotopic (exact) mass is 931 g/mol. The number of aliphatic hydroxyl groups excluding tert-OH is 7. The normalized spacial score (nSPS) is 26.7. The molecule has 0 aliphatic carbocycles. The van der Waals surface area contributed by atoms with E-state index in [0.717, 1.165) is 57.8 Å². The number of allylic oxidation sites excluding steroid dienone is 4. The lowest BCUT2D eigenvalue weighted by Gasteiger charge is -2.42. The molecule has 382 valence electrons. The molecule has 2 rings (SSSR count). The Bertz CT molecular complexity index is 1170. The predicted molar refractivity (Wildman–Crippen MR) is 252 cm³/mol. The summed E-state index contributed by atoms with van der Waals surface area (Å²) in [6, 6.07) is 0. The van der Waals surface area contributed by atoms with Crippen LogP contribution in [0.3, 0.4) is 0 Å². The third-order valence-electron chi connectivity index (χ3n) is 12.5. The van der Waals surface area contributed by atoms with E-state index in [1.807, 2.05) is 0 Å². The minimum atomic E-state index is -1.71. The fraction of sp³-hybridized carbons (Fsp3) is 0.902. The molecule has 0 saturated carbocycles. The second-order valence-corrected chi connectivity index (χ2v) is 18.3. The van der Waals surface area contributed by atoms with Gasteiger partial charge in [0.15, 0.2) is 12.6 Å². The van der Waals surface area contributed by atoms with Crippen LogP contribution in [0.5, 0.6) is 0 Å². The summed E-state index contributed by atoms with van der Waals surface area (Å²) < 4.78 is 34.3. The fourth-order valence-electron chi connectivity index (χ4n) is 8.20. The molecule has 0 amide bonds. The molecular weight excluding hydrogens is 837 g/mol. The Labute approximate surface area is 392 Å². The summed E-state index contributed by atoms with van der Waals surface area (Å²) in [6.07, 6.45) is 25.2. The molecule has 0 aromatic heterocycles. The van der Waals surface area contributed by atoms with E-state index in [1.54, 1.807) is 0 Å². The van der Waals surface area contributed by atoms with E-state index < -0.39 is 80.7 Å². The number of carbonyl (C=O) groups excluding carboxylic acids is 1. The Hall–Kier alpha value is -1.53. The summed E-state index contributed by atoms with van der Waals surface area (Å²) in [5, 5.41) is 72.1. The molecule has 11 atom stereocenters. The highest BCUT2D eigenvalue weighted by Crippen LogP contribution is 2.26. The Balaban J connectivity index is 1.77. The van der Waals surface area contributed by atoms with Crippen LogP contribution in [-0.2, 0) is 33.2 Å². The molecule has 2 saturated heterocycles. The maximum atomic E-state index is 13.0. The van der Waals surface area contributed by atoms with Crippen LogP contribution in [0.25, 0.3) is 0 Å². The molecule has 0 spiro atoms. The van der Waals surface area contributed by atoms with Gasteiger partial charge in [0.25, 0.3) is 0 Å². The van der Waals surface area contributed by atoms with Crippen molar-refractivity contribution in [2.75, 3.05) is 33.0 Å². The van der Waals surface area contributed by atoms with Gasteiger partial charge in [-0.15, -0.1) is 0 Å². The molecule has 2 heterocycles. The van der Waals surface area contributed by atoms with Gasteiger partial charge in [-0.2, -0.15) is 0 Å². The van der Waals surface area contributed by atoms with Gasteiger partial charge < -0.3 is 64.2 Å². The summed E-state index contributed by atoms with van der Waals surface area (Å²) >= 11 is 0. The minimum Gasteiger partial charge on any atom is -0.457 e. The molecule has 11 unspecified atom stereocenters. The Morgan fingerprint density at radius 1 is 0.508 bits per heavy atom. The number of esters is 1. The minimum absolute atomic E-state index is 0.0580. The first-order valence-corrected chi connectivity index (χ1v) is 25.9. The fourth-order valence-corrected chi connectivity index (χ4v) is 8.20. The van der Waals surface area contributed by atoms with E-state index in [9.17, 15) is 40.5 Å². The first-order valence-electron chi connectivity index (χ1n) is 25.9. The highest BCUT2D eigenvalue weighted by molar-refractivity contribution is 5.69. The zero-order valence-corrected chi connectivity index (χ0v) is 40.5. The number of aliphatic hydroxyl groups is 7. The topological polar surface area (TPSA) is 214 Å². The number of ether oxygens (including phenoxy) is 6. The lowest BCUT2D eigenvalue weighted by Crippen LogP contribution is -2.61. The zero-order valence-electron chi connectivity index (χ0n) is 40.5. The van der Waals surface area contributed by atoms with Gasteiger partial charge in [0.2, 0.25) is 0 Å². The van der Waals surface area contributed by atoms with Crippen LogP contribution in [-0.4, -0.2) is 142 Å². The van der Waals surface area contributed by atoms with Crippen molar-refractivity contribution < 1.29 is 69.0 Å². The molecule has 2 aliphatic heterocycles. The predicted octanol–water partition coefficient (Wildman–Crippen LogP) is 7.63. The smallest absolute Gasteiger partial charge is 0.306 e. The summed E-state index contributed by atoms with van der Waals surface area (Å²) in [7, 11) is 0. The van der Waals surface area contributed by atoms with Gasteiger partial charge in [-0.25, -0.2) is 0 Å². The van der Waals surface area contributed by atoms with Crippen LogP contribution in [0.1, 0.15) is 194 Å². The van der Waals surface area contributed by atoms with E-state index in [0.29, 0.717) is 13.0 Å². The van der Waals surface area contributed by atoms with Crippen molar-refractivity contribution in [3.05, 3.63) is 24.3 Å². The van der Waals surface area contributed by atoms with Crippen LogP contribution in [0, 0.1) is 0 Å². The Kier molecular flexibility index (Phi) is 36.1. The van der Waals surface area contributed by atoms with Crippen molar-refractivity contribution in [3.63, 3.8) is 0 Å². The average Bonchev–Trinajstić information content (AvgIpc) is 3.30. The van der Waals surface area contributed by atoms with Crippen LogP contribution >= 0.6 is 0 Å². The van der Waals surface area contributed by atoms with Crippen molar-refractivity contribution in [2.45, 2.75) is 261 Å². The Morgan fingerprint density at radius 3 is 1.49 bits per heavy atom. The van der Waals surface area contributed by atoms with E-state index >= 15 is 0 Å². The maximum absolute atomic E-state index is 13.0. The molecule has 0 aromatic carbocycles. The summed E-state index contributed by atoms with van der Waals surface area (Å²) in [5.74, 6) is -0.378. The third-order valence-corrected chi connectivity index (χ3v) is 12.5. The van der Waals surface area contributed by atoms with Gasteiger partial charge in [0.1, 0.15) is 54.9 Å². The second kappa shape index (κ2) is 39.3. The van der Waals surface area contributed by atoms with E-state index in [4.69, 9.17) is 28.4 Å². The van der Waals surface area contributed by atoms with Gasteiger partial charge in [0.05, 0.1) is 26.4 Å². The summed E-state index contributed by atoms with van der Waals surface area (Å²) in [5.41, 5.74) is 0. The zero-order chi connectivity index (χ0) is 47.3. The lowest BCUT2D eigenvalue weighted by molar-refractivity contribution is -0.332. The molecule has 14 nitrogen and oxygen atoms in total. The van der Waals surface area contributed by atoms with Crippen LogP contribution < -0.4 is 0 Å². The molecule has 0 bridgehead atoms. The van der Waals surface area contributed by atoms with E-state index in [-0.39, 0.29) is 25.6 Å². The van der Waals surface area contributed by atoms with Crippen molar-refractivity contribution in [1.29, 1.82) is 0 Å². The highest BCUT2D eigenvalue weighted by Gasteiger charge is 2.47. The number of hydrogen-bond donors (Lipinski definition) is 7. The van der Waals surface area contributed by atoms with E-state index in [2.05, 4.69) is 38.2 Å². The second-order valence-electron chi connectivity index (χ2n) is 18.3. The number of rotatable bonds is 41. The molecule has 65 heavy (non-hydrogen) atoms. The highest BCUT2D eigenvalue weighted by atomic mass is 16.7. The van der Waals surface area contributed by atoms with E-state index in [1.165, 1.54) is 109 Å². The first kappa shape index (κ1) is 59.6. The van der Waals surface area contributed by atoms with Crippen LogP contribution in [0.2, 0.25) is 0 Å². The molecule has 14 heteroatoms. The number of unbranched alkanes of at least 4 members (excludes halogenated alkanes) is 23. The number of carbonyl (C=O) groups is 1. The third kappa shape index (κ3) is 27.3. The van der Waals surface area contributed by atoms with Crippen molar-refractivity contribution in [2.24, 2.45) is 0 Å².